The Hall–Kier alpha value is -0.950. The number of rotatable bonds is 71. The van der Waals surface area contributed by atoms with E-state index in [2.05, 4.69) is 31.3 Å². The SMILES string of the molecule is CCCCCCCCCCCCCCCC/C=C\CCCCCCCCCCCCCCCCCCC(O)C(=O)NC(CO)C(O)C(O)CCCCCCCCCCCCCCCCCCCCCCCCCCCCCCCCC. The van der Waals surface area contributed by atoms with E-state index in [0.717, 1.165) is 38.5 Å². The number of allylic oxidation sites excluding steroid dienone is 2. The van der Waals surface area contributed by atoms with Crippen LogP contribution in [0.25, 0.3) is 0 Å². The van der Waals surface area contributed by atoms with Gasteiger partial charge in [0.15, 0.2) is 0 Å². The highest BCUT2D eigenvalue weighted by atomic mass is 16.3. The lowest BCUT2D eigenvalue weighted by Gasteiger charge is -2.27. The van der Waals surface area contributed by atoms with E-state index >= 15 is 0 Å². The molecule has 0 bridgehead atoms. The van der Waals surface area contributed by atoms with Crippen LogP contribution in [0.2, 0.25) is 0 Å². The van der Waals surface area contributed by atoms with Crippen molar-refractivity contribution < 1.29 is 25.2 Å². The Morgan fingerprint density at radius 1 is 0.296 bits per heavy atom. The lowest BCUT2D eigenvalue weighted by molar-refractivity contribution is -0.132. The number of carbonyl (C=O) groups is 1. The average Bonchev–Trinajstić information content (AvgIpc) is 3.47. The summed E-state index contributed by atoms with van der Waals surface area (Å²) in [5.41, 5.74) is 0. The Kier molecular flexibility index (Phi) is 69.0. The average molecular weight is 1150 g/mol. The third-order valence-electron chi connectivity index (χ3n) is 18.2. The number of aliphatic hydroxyl groups is 4. The van der Waals surface area contributed by atoms with E-state index in [-0.39, 0.29) is 0 Å². The number of amides is 1. The van der Waals surface area contributed by atoms with E-state index in [4.69, 9.17) is 0 Å². The number of hydrogen-bond acceptors (Lipinski definition) is 5. The van der Waals surface area contributed by atoms with Crippen molar-refractivity contribution in [2.75, 3.05) is 6.61 Å². The summed E-state index contributed by atoms with van der Waals surface area (Å²) in [5.74, 6) is -0.574. The van der Waals surface area contributed by atoms with E-state index in [1.165, 1.54) is 366 Å². The molecular weight excluding hydrogens is 995 g/mol. The number of aliphatic hydroxyl groups excluding tert-OH is 4. The topological polar surface area (TPSA) is 110 Å². The van der Waals surface area contributed by atoms with Gasteiger partial charge in [0.25, 0.3) is 0 Å². The van der Waals surface area contributed by atoms with Crippen molar-refractivity contribution in [1.29, 1.82) is 0 Å². The largest absolute Gasteiger partial charge is 0.394 e. The summed E-state index contributed by atoms with van der Waals surface area (Å²) >= 11 is 0. The van der Waals surface area contributed by atoms with Gasteiger partial charge in [0.2, 0.25) is 5.91 Å². The van der Waals surface area contributed by atoms with Crippen LogP contribution in [-0.4, -0.2) is 57.3 Å². The lowest BCUT2D eigenvalue weighted by atomic mass is 9.99. The van der Waals surface area contributed by atoms with Crippen LogP contribution in [0.4, 0.5) is 0 Å². The van der Waals surface area contributed by atoms with Crippen LogP contribution in [0.1, 0.15) is 431 Å². The molecule has 0 aromatic heterocycles. The molecule has 5 N–H and O–H groups in total. The molecule has 0 heterocycles. The Balaban J connectivity index is 3.50. The molecule has 4 unspecified atom stereocenters. The molecular formula is C75H149NO5. The molecule has 0 aromatic rings. The second-order valence-corrected chi connectivity index (χ2v) is 26.4. The van der Waals surface area contributed by atoms with Crippen LogP contribution < -0.4 is 5.32 Å². The quantitative estimate of drug-likeness (QED) is 0.0308. The van der Waals surface area contributed by atoms with Gasteiger partial charge in [-0.1, -0.05) is 405 Å². The predicted octanol–water partition coefficient (Wildman–Crippen LogP) is 23.5. The minimum absolute atomic E-state index is 0.374. The number of unbranched alkanes of at least 4 members (excludes halogenated alkanes) is 60. The third-order valence-corrected chi connectivity index (χ3v) is 18.2. The summed E-state index contributed by atoms with van der Waals surface area (Å²) in [7, 11) is 0. The molecule has 484 valence electrons. The highest BCUT2D eigenvalue weighted by molar-refractivity contribution is 5.80. The molecule has 0 aromatic carbocycles. The Morgan fingerprint density at radius 2 is 0.494 bits per heavy atom. The summed E-state index contributed by atoms with van der Waals surface area (Å²) < 4.78 is 0. The van der Waals surface area contributed by atoms with E-state index in [9.17, 15) is 25.2 Å². The van der Waals surface area contributed by atoms with E-state index in [0.29, 0.717) is 12.8 Å². The van der Waals surface area contributed by atoms with Gasteiger partial charge in [-0.05, 0) is 38.5 Å². The normalized spacial score (nSPS) is 13.4. The van der Waals surface area contributed by atoms with Crippen LogP contribution in [0.15, 0.2) is 12.2 Å². The van der Waals surface area contributed by atoms with E-state index in [1.807, 2.05) is 0 Å². The molecule has 6 nitrogen and oxygen atoms in total. The monoisotopic (exact) mass is 1140 g/mol. The van der Waals surface area contributed by atoms with Crippen LogP contribution in [-0.2, 0) is 4.79 Å². The van der Waals surface area contributed by atoms with Crippen molar-refractivity contribution in [3.05, 3.63) is 12.2 Å². The van der Waals surface area contributed by atoms with Crippen molar-refractivity contribution in [1.82, 2.24) is 5.32 Å². The Morgan fingerprint density at radius 3 is 0.716 bits per heavy atom. The van der Waals surface area contributed by atoms with Gasteiger partial charge in [0.05, 0.1) is 18.8 Å². The number of nitrogens with one attached hydrogen (secondary N) is 1. The molecule has 0 aliphatic rings. The summed E-state index contributed by atoms with van der Waals surface area (Å²) in [6, 6.07) is -0.985. The molecule has 0 radical (unpaired) electrons. The second kappa shape index (κ2) is 69.8. The summed E-state index contributed by atoms with van der Waals surface area (Å²) in [5, 5.41) is 44.3. The van der Waals surface area contributed by atoms with Crippen molar-refractivity contribution >= 4 is 5.91 Å². The molecule has 0 rings (SSSR count). The second-order valence-electron chi connectivity index (χ2n) is 26.4. The Bertz CT molecular complexity index is 1200. The van der Waals surface area contributed by atoms with Gasteiger partial charge in [-0.15, -0.1) is 0 Å². The Labute approximate surface area is 508 Å². The van der Waals surface area contributed by atoms with Gasteiger partial charge < -0.3 is 25.7 Å². The van der Waals surface area contributed by atoms with Crippen LogP contribution in [0.3, 0.4) is 0 Å². The molecule has 0 aliphatic heterocycles. The molecule has 0 saturated heterocycles. The van der Waals surface area contributed by atoms with E-state index in [1.54, 1.807) is 0 Å². The minimum atomic E-state index is -1.26. The highest BCUT2D eigenvalue weighted by Gasteiger charge is 2.29. The smallest absolute Gasteiger partial charge is 0.249 e. The molecule has 1 amide bonds. The zero-order valence-electron chi connectivity index (χ0n) is 55.3. The first-order valence-corrected chi connectivity index (χ1v) is 37.6. The maximum atomic E-state index is 12.7. The van der Waals surface area contributed by atoms with Gasteiger partial charge in [-0.2, -0.15) is 0 Å². The zero-order chi connectivity index (χ0) is 58.7. The molecule has 0 spiro atoms. The molecule has 0 fully saturated rings. The first-order chi connectivity index (χ1) is 40.0. The van der Waals surface area contributed by atoms with E-state index < -0.39 is 36.9 Å². The minimum Gasteiger partial charge on any atom is -0.394 e. The maximum Gasteiger partial charge on any atom is 0.249 e. The van der Waals surface area contributed by atoms with Gasteiger partial charge in [0.1, 0.15) is 12.2 Å². The van der Waals surface area contributed by atoms with Crippen molar-refractivity contribution in [3.63, 3.8) is 0 Å². The van der Waals surface area contributed by atoms with Crippen LogP contribution in [0.5, 0.6) is 0 Å². The summed E-state index contributed by atoms with van der Waals surface area (Å²) in [4.78, 5) is 12.7. The van der Waals surface area contributed by atoms with Crippen molar-refractivity contribution in [2.24, 2.45) is 0 Å². The van der Waals surface area contributed by atoms with Gasteiger partial charge in [-0.25, -0.2) is 0 Å². The van der Waals surface area contributed by atoms with Gasteiger partial charge >= 0.3 is 0 Å². The molecule has 4 atom stereocenters. The van der Waals surface area contributed by atoms with Crippen molar-refractivity contribution in [3.8, 4) is 0 Å². The van der Waals surface area contributed by atoms with Gasteiger partial charge in [0, 0.05) is 0 Å². The lowest BCUT2D eigenvalue weighted by Crippen LogP contribution is -2.53. The molecule has 0 saturated carbocycles. The first kappa shape index (κ1) is 80.0. The van der Waals surface area contributed by atoms with Crippen molar-refractivity contribution in [2.45, 2.75) is 456 Å². The highest BCUT2D eigenvalue weighted by Crippen LogP contribution is 2.20. The summed E-state index contributed by atoms with van der Waals surface area (Å²) in [6.45, 7) is 4.12. The fraction of sp³-hybridized carbons (Fsp3) is 0.960. The molecule has 0 aliphatic carbocycles. The molecule has 6 heteroatoms. The number of carbonyl (C=O) groups excluding carboxylic acids is 1. The van der Waals surface area contributed by atoms with Crippen LogP contribution in [0, 0.1) is 0 Å². The fourth-order valence-electron chi connectivity index (χ4n) is 12.4. The standard InChI is InChI=1S/C75H149NO5/c1-3-5-7-9-11-13-15-17-19-21-23-25-27-29-31-33-35-36-37-39-41-43-45-47-49-51-53-55-57-59-61-63-65-67-69-73(79)75(81)76-71(70-77)74(80)72(78)68-66-64-62-60-58-56-54-52-50-48-46-44-42-40-38-34-32-30-28-26-24-22-20-18-16-14-12-10-8-6-4-2/h33,35,71-74,77-80H,3-32,34,36-70H2,1-2H3,(H,76,81)/b35-33-. The summed E-state index contributed by atoms with van der Waals surface area (Å²) in [6.07, 6.45) is 87.9. The number of hydrogen-bond donors (Lipinski definition) is 5. The molecule has 81 heavy (non-hydrogen) atoms. The fourth-order valence-corrected chi connectivity index (χ4v) is 12.4. The maximum absolute atomic E-state index is 12.7. The predicted molar refractivity (Wildman–Crippen MR) is 358 cm³/mol. The zero-order valence-corrected chi connectivity index (χ0v) is 55.3. The van der Waals surface area contributed by atoms with Crippen LogP contribution >= 0.6 is 0 Å². The van der Waals surface area contributed by atoms with Gasteiger partial charge in [-0.3, -0.25) is 4.79 Å². The first-order valence-electron chi connectivity index (χ1n) is 37.6. The third kappa shape index (κ3) is 63.4.